The zero-order valence-electron chi connectivity index (χ0n) is 12.4. The predicted molar refractivity (Wildman–Crippen MR) is 84.9 cm³/mol. The minimum absolute atomic E-state index is 0.0376. The summed E-state index contributed by atoms with van der Waals surface area (Å²) in [5.74, 6) is 0.767. The molecular formula is C16H20N2O2S. The number of thiazole rings is 1. The zero-order chi connectivity index (χ0) is 15.1. The Hall–Kier alpha value is -1.88. The summed E-state index contributed by atoms with van der Waals surface area (Å²) in [6, 6.07) is 9.60. The first-order valence-electron chi connectivity index (χ1n) is 7.13. The van der Waals surface area contributed by atoms with E-state index < -0.39 is 0 Å². The number of nitrogens with zero attached hydrogens (tertiary/aromatic N) is 1. The number of aromatic nitrogens is 1. The first-order chi connectivity index (χ1) is 10.2. The maximum absolute atomic E-state index is 12.0. The molecule has 0 fully saturated rings. The van der Waals surface area contributed by atoms with Gasteiger partial charge in [-0.2, -0.15) is 0 Å². The molecule has 0 spiro atoms. The lowest BCUT2D eigenvalue weighted by molar-refractivity contribution is 0.0956. The molecule has 0 radical (unpaired) electrons. The van der Waals surface area contributed by atoms with Gasteiger partial charge in [-0.05, 0) is 25.5 Å². The van der Waals surface area contributed by atoms with E-state index >= 15 is 0 Å². The molecule has 1 N–H and O–H groups in total. The second-order valence-corrected chi connectivity index (χ2v) is 5.82. The third kappa shape index (κ3) is 4.56. The average Bonchev–Trinajstić information content (AvgIpc) is 2.87. The van der Waals surface area contributed by atoms with Crippen molar-refractivity contribution in [3.63, 3.8) is 0 Å². The van der Waals surface area contributed by atoms with Crippen LogP contribution in [-0.4, -0.2) is 17.4 Å². The van der Waals surface area contributed by atoms with Crippen LogP contribution in [0.2, 0.25) is 0 Å². The maximum atomic E-state index is 12.0. The van der Waals surface area contributed by atoms with E-state index in [0.29, 0.717) is 18.0 Å². The van der Waals surface area contributed by atoms with Crippen molar-refractivity contribution in [2.24, 2.45) is 0 Å². The molecule has 21 heavy (non-hydrogen) atoms. The Morgan fingerprint density at radius 3 is 2.81 bits per heavy atom. The number of unbranched alkanes of at least 4 members (excludes halogenated alkanes) is 1. The van der Waals surface area contributed by atoms with Gasteiger partial charge >= 0.3 is 0 Å². The van der Waals surface area contributed by atoms with Crippen molar-refractivity contribution in [3.8, 4) is 5.75 Å². The van der Waals surface area contributed by atoms with E-state index in [2.05, 4.69) is 17.2 Å². The third-order valence-electron chi connectivity index (χ3n) is 2.97. The SMILES string of the molecule is CCCCNC(=O)c1sc(COc2ccccc2)nc1C. The van der Waals surface area contributed by atoms with Gasteiger partial charge in [-0.3, -0.25) is 4.79 Å². The summed E-state index contributed by atoms with van der Waals surface area (Å²) < 4.78 is 5.65. The van der Waals surface area contributed by atoms with Gasteiger partial charge in [0.25, 0.3) is 5.91 Å². The van der Waals surface area contributed by atoms with Crippen LogP contribution in [0, 0.1) is 6.92 Å². The van der Waals surface area contributed by atoms with Gasteiger partial charge < -0.3 is 10.1 Å². The van der Waals surface area contributed by atoms with Crippen LogP contribution < -0.4 is 10.1 Å². The van der Waals surface area contributed by atoms with Crippen LogP contribution in [0.4, 0.5) is 0 Å². The molecule has 1 aromatic heterocycles. The lowest BCUT2D eigenvalue weighted by Crippen LogP contribution is -2.24. The standard InChI is InChI=1S/C16H20N2O2S/c1-3-4-10-17-16(19)15-12(2)18-14(21-15)11-20-13-8-6-5-7-9-13/h5-9H,3-4,10-11H2,1-2H3,(H,17,19). The summed E-state index contributed by atoms with van der Waals surface area (Å²) in [5, 5.41) is 3.74. The summed E-state index contributed by atoms with van der Waals surface area (Å²) in [5.41, 5.74) is 0.765. The Kier molecular flexibility index (Phi) is 5.75. The van der Waals surface area contributed by atoms with Crippen LogP contribution in [0.3, 0.4) is 0 Å². The molecule has 0 aliphatic rings. The summed E-state index contributed by atoms with van der Waals surface area (Å²) in [6.07, 6.45) is 2.06. The smallest absolute Gasteiger partial charge is 0.263 e. The van der Waals surface area contributed by atoms with Gasteiger partial charge in [0, 0.05) is 6.54 Å². The quantitative estimate of drug-likeness (QED) is 0.796. The Morgan fingerprint density at radius 2 is 2.10 bits per heavy atom. The van der Waals surface area contributed by atoms with Gasteiger partial charge in [-0.15, -0.1) is 11.3 Å². The van der Waals surface area contributed by atoms with E-state index in [1.54, 1.807) is 0 Å². The van der Waals surface area contributed by atoms with Crippen molar-refractivity contribution in [1.82, 2.24) is 10.3 Å². The molecule has 0 atom stereocenters. The third-order valence-corrected chi connectivity index (χ3v) is 4.10. The van der Waals surface area contributed by atoms with Crippen molar-refractivity contribution in [1.29, 1.82) is 0 Å². The number of para-hydroxylation sites is 1. The van der Waals surface area contributed by atoms with Crippen molar-refractivity contribution in [2.75, 3.05) is 6.54 Å². The number of carbonyl (C=O) groups is 1. The minimum atomic E-state index is -0.0376. The fraction of sp³-hybridized carbons (Fsp3) is 0.375. The summed E-state index contributed by atoms with van der Waals surface area (Å²) >= 11 is 1.40. The molecule has 0 aliphatic carbocycles. The van der Waals surface area contributed by atoms with Crippen LogP contribution in [0.15, 0.2) is 30.3 Å². The molecule has 0 aliphatic heterocycles. The number of rotatable bonds is 7. The number of benzene rings is 1. The van der Waals surface area contributed by atoms with Gasteiger partial charge in [0.05, 0.1) is 5.69 Å². The number of amides is 1. The van der Waals surface area contributed by atoms with Gasteiger partial charge in [-0.1, -0.05) is 31.5 Å². The molecule has 4 nitrogen and oxygen atoms in total. The van der Waals surface area contributed by atoms with Crippen LogP contribution in [0.5, 0.6) is 5.75 Å². The minimum Gasteiger partial charge on any atom is -0.486 e. The fourth-order valence-corrected chi connectivity index (χ4v) is 2.74. The topological polar surface area (TPSA) is 51.2 Å². The number of ether oxygens (including phenoxy) is 1. The first-order valence-corrected chi connectivity index (χ1v) is 7.94. The Morgan fingerprint density at radius 1 is 1.33 bits per heavy atom. The Balaban J connectivity index is 1.94. The maximum Gasteiger partial charge on any atom is 0.263 e. The molecule has 5 heteroatoms. The first kappa shape index (κ1) is 15.5. The van der Waals surface area contributed by atoms with Crippen molar-refractivity contribution >= 4 is 17.2 Å². The molecule has 1 aromatic carbocycles. The molecular weight excluding hydrogens is 284 g/mol. The van der Waals surface area contributed by atoms with Crippen LogP contribution >= 0.6 is 11.3 Å². The van der Waals surface area contributed by atoms with Crippen LogP contribution in [-0.2, 0) is 6.61 Å². The number of nitrogens with one attached hydrogen (secondary N) is 1. The van der Waals surface area contributed by atoms with Gasteiger partial charge in [0.1, 0.15) is 22.2 Å². The molecule has 0 saturated heterocycles. The highest BCUT2D eigenvalue weighted by Crippen LogP contribution is 2.20. The highest BCUT2D eigenvalue weighted by atomic mass is 32.1. The number of carbonyl (C=O) groups excluding carboxylic acids is 1. The van der Waals surface area contributed by atoms with Gasteiger partial charge in [-0.25, -0.2) is 4.98 Å². The summed E-state index contributed by atoms with van der Waals surface area (Å²) in [7, 11) is 0. The molecule has 112 valence electrons. The number of aryl methyl sites for hydroxylation is 1. The lowest BCUT2D eigenvalue weighted by atomic mass is 10.3. The Labute approximate surface area is 129 Å². The predicted octanol–water partition coefficient (Wildman–Crippen LogP) is 3.56. The average molecular weight is 304 g/mol. The number of hydrogen-bond acceptors (Lipinski definition) is 4. The van der Waals surface area contributed by atoms with Crippen LogP contribution in [0.25, 0.3) is 0 Å². The van der Waals surface area contributed by atoms with E-state index in [0.717, 1.165) is 29.3 Å². The zero-order valence-corrected chi connectivity index (χ0v) is 13.2. The van der Waals surface area contributed by atoms with E-state index in [1.807, 2.05) is 37.3 Å². The normalized spacial score (nSPS) is 10.4. The molecule has 0 bridgehead atoms. The van der Waals surface area contributed by atoms with Gasteiger partial charge in [0.2, 0.25) is 0 Å². The largest absolute Gasteiger partial charge is 0.486 e. The van der Waals surface area contributed by atoms with Crippen molar-refractivity contribution in [2.45, 2.75) is 33.3 Å². The highest BCUT2D eigenvalue weighted by molar-refractivity contribution is 7.13. The fourth-order valence-electron chi connectivity index (χ4n) is 1.85. The molecule has 2 rings (SSSR count). The van der Waals surface area contributed by atoms with Crippen molar-refractivity contribution < 1.29 is 9.53 Å². The lowest BCUT2D eigenvalue weighted by Gasteiger charge is -2.02. The molecule has 1 amide bonds. The van der Waals surface area contributed by atoms with E-state index in [1.165, 1.54) is 11.3 Å². The molecule has 1 heterocycles. The second-order valence-electron chi connectivity index (χ2n) is 4.73. The molecule has 2 aromatic rings. The summed E-state index contributed by atoms with van der Waals surface area (Å²) in [6.45, 7) is 5.06. The Bertz CT molecular complexity index is 581. The van der Waals surface area contributed by atoms with E-state index in [4.69, 9.17) is 4.74 Å². The van der Waals surface area contributed by atoms with Crippen molar-refractivity contribution in [3.05, 3.63) is 45.9 Å². The number of hydrogen-bond donors (Lipinski definition) is 1. The van der Waals surface area contributed by atoms with E-state index in [9.17, 15) is 4.79 Å². The summed E-state index contributed by atoms with van der Waals surface area (Å²) in [4.78, 5) is 17.1. The molecule has 0 unspecified atom stereocenters. The molecule has 0 saturated carbocycles. The monoisotopic (exact) mass is 304 g/mol. The second kappa shape index (κ2) is 7.78. The van der Waals surface area contributed by atoms with Crippen LogP contribution in [0.1, 0.15) is 40.1 Å². The van der Waals surface area contributed by atoms with Gasteiger partial charge in [0.15, 0.2) is 0 Å². The highest BCUT2D eigenvalue weighted by Gasteiger charge is 2.15. The van der Waals surface area contributed by atoms with E-state index in [-0.39, 0.29) is 5.91 Å².